The van der Waals surface area contributed by atoms with Crippen molar-refractivity contribution in [1.29, 1.82) is 0 Å². The Morgan fingerprint density at radius 2 is 2.07 bits per heavy atom. The molecule has 4 nitrogen and oxygen atoms in total. The summed E-state index contributed by atoms with van der Waals surface area (Å²) < 4.78 is 0. The summed E-state index contributed by atoms with van der Waals surface area (Å²) in [7, 11) is 0. The molecule has 7 heteroatoms. The average Bonchev–Trinajstić information content (AvgIpc) is 3.42. The Kier molecular flexibility index (Phi) is 4.80. The summed E-state index contributed by atoms with van der Waals surface area (Å²) in [6.07, 6.45) is 2.33. The number of likely N-dealkylation sites (tertiary alicyclic amines) is 1. The second-order valence-electron chi connectivity index (χ2n) is 6.97. The summed E-state index contributed by atoms with van der Waals surface area (Å²) in [5, 5.41) is 5.36. The number of benzene rings is 1. The number of nitrogens with one attached hydrogen (secondary N) is 1. The van der Waals surface area contributed by atoms with E-state index in [1.165, 1.54) is 22.6 Å². The lowest BCUT2D eigenvalue weighted by molar-refractivity contribution is 0.245. The number of fused-ring (bicyclic) bond motifs is 1. The van der Waals surface area contributed by atoms with Gasteiger partial charge in [0, 0.05) is 32.4 Å². The third-order valence-corrected chi connectivity index (χ3v) is 7.42. The van der Waals surface area contributed by atoms with Crippen molar-refractivity contribution in [1.82, 2.24) is 14.9 Å². The predicted molar refractivity (Wildman–Crippen MR) is 117 cm³/mol. The summed E-state index contributed by atoms with van der Waals surface area (Å²) in [5.41, 5.74) is 1.62. The molecule has 0 bridgehead atoms. The normalized spacial score (nSPS) is 17.5. The first-order valence-electron chi connectivity index (χ1n) is 9.23. The zero-order valence-corrected chi connectivity index (χ0v) is 17.4. The lowest BCUT2D eigenvalue weighted by atomic mass is 10.1. The molecule has 1 atom stereocenters. The van der Waals surface area contributed by atoms with Crippen LogP contribution in [0.15, 0.2) is 52.0 Å². The quantitative estimate of drug-likeness (QED) is 0.454. The van der Waals surface area contributed by atoms with Crippen LogP contribution in [0.3, 0.4) is 0 Å². The zero-order valence-electron chi connectivity index (χ0n) is 15.0. The van der Waals surface area contributed by atoms with Crippen LogP contribution in [-0.2, 0) is 6.54 Å². The molecular formula is C21H18ClN3OS2. The van der Waals surface area contributed by atoms with Gasteiger partial charge in [-0.15, -0.1) is 22.7 Å². The Hall–Kier alpha value is -1.99. The van der Waals surface area contributed by atoms with Crippen molar-refractivity contribution in [3.05, 3.63) is 73.2 Å². The highest BCUT2D eigenvalue weighted by Gasteiger charge is 2.27. The van der Waals surface area contributed by atoms with E-state index in [9.17, 15) is 4.79 Å². The Labute approximate surface area is 175 Å². The van der Waals surface area contributed by atoms with Crippen LogP contribution in [0.25, 0.3) is 21.3 Å². The number of hydrogen-bond acceptors (Lipinski definition) is 5. The van der Waals surface area contributed by atoms with Crippen LogP contribution in [-0.4, -0.2) is 21.4 Å². The molecule has 0 saturated carbocycles. The fourth-order valence-corrected chi connectivity index (χ4v) is 6.05. The maximum atomic E-state index is 12.9. The maximum absolute atomic E-state index is 12.9. The van der Waals surface area contributed by atoms with Gasteiger partial charge >= 0.3 is 0 Å². The smallest absolute Gasteiger partial charge is 0.260 e. The lowest BCUT2D eigenvalue weighted by Crippen LogP contribution is -2.25. The van der Waals surface area contributed by atoms with Crippen LogP contribution in [0.1, 0.15) is 29.6 Å². The third-order valence-electron chi connectivity index (χ3n) is 5.25. The molecule has 0 unspecified atom stereocenters. The number of aromatic amines is 1. The largest absolute Gasteiger partial charge is 0.309 e. The second kappa shape index (κ2) is 7.44. The molecule has 28 heavy (non-hydrogen) atoms. The van der Waals surface area contributed by atoms with Crippen LogP contribution in [0.2, 0.25) is 5.02 Å². The van der Waals surface area contributed by atoms with Crippen molar-refractivity contribution in [3.63, 3.8) is 0 Å². The van der Waals surface area contributed by atoms with Gasteiger partial charge in [-0.25, -0.2) is 4.98 Å². The van der Waals surface area contributed by atoms with Gasteiger partial charge in [0.05, 0.1) is 11.9 Å². The van der Waals surface area contributed by atoms with E-state index >= 15 is 0 Å². The van der Waals surface area contributed by atoms with Gasteiger partial charge in [0.2, 0.25) is 0 Å². The van der Waals surface area contributed by atoms with Crippen LogP contribution in [0.4, 0.5) is 0 Å². The number of H-pyrrole nitrogens is 1. The highest BCUT2D eigenvalue weighted by molar-refractivity contribution is 7.17. The van der Waals surface area contributed by atoms with Crippen molar-refractivity contribution in [2.75, 3.05) is 6.54 Å². The summed E-state index contributed by atoms with van der Waals surface area (Å²) in [6, 6.07) is 12.3. The Morgan fingerprint density at radius 3 is 2.89 bits per heavy atom. The first-order chi connectivity index (χ1) is 13.7. The molecule has 1 aliphatic heterocycles. The summed E-state index contributed by atoms with van der Waals surface area (Å²) in [6.45, 7) is 1.69. The second-order valence-corrected chi connectivity index (χ2v) is 9.21. The molecule has 142 valence electrons. The van der Waals surface area contributed by atoms with Crippen molar-refractivity contribution in [2.24, 2.45) is 0 Å². The number of nitrogens with zero attached hydrogens (tertiary/aromatic N) is 2. The van der Waals surface area contributed by atoms with Gasteiger partial charge in [0.1, 0.15) is 10.7 Å². The highest BCUT2D eigenvalue weighted by atomic mass is 35.5. The average molecular weight is 428 g/mol. The van der Waals surface area contributed by atoms with Crippen LogP contribution >= 0.6 is 34.3 Å². The SMILES string of the molecule is O=c1[nH]c(CN2CCC[C@H]2c2cccs2)nc2scc(-c3ccccc3Cl)c12. The van der Waals surface area contributed by atoms with Crippen molar-refractivity contribution in [2.45, 2.75) is 25.4 Å². The van der Waals surface area contributed by atoms with Gasteiger partial charge in [-0.05, 0) is 36.9 Å². The molecule has 0 amide bonds. The molecule has 1 aliphatic rings. The standard InChI is InChI=1S/C21H18ClN3OS2/c22-15-6-2-1-5-13(15)14-12-28-21-19(14)20(26)23-18(24-21)11-25-9-3-7-16(25)17-8-4-10-27-17/h1-2,4-6,8,10,12,16H,3,7,9,11H2,(H,23,24,26)/t16-/m0/s1. The van der Waals surface area contributed by atoms with Crippen molar-refractivity contribution in [3.8, 4) is 11.1 Å². The predicted octanol–water partition coefficient (Wildman–Crippen LogP) is 5.70. The van der Waals surface area contributed by atoms with Gasteiger partial charge < -0.3 is 4.98 Å². The molecule has 1 fully saturated rings. The fourth-order valence-electron chi connectivity index (χ4n) is 3.96. The molecule has 1 N–H and O–H groups in total. The maximum Gasteiger partial charge on any atom is 0.260 e. The molecule has 0 radical (unpaired) electrons. The number of hydrogen-bond donors (Lipinski definition) is 1. The Bertz CT molecular complexity index is 1180. The molecule has 3 aromatic heterocycles. The summed E-state index contributed by atoms with van der Waals surface area (Å²) in [4.78, 5) is 25.3. The van der Waals surface area contributed by atoms with Crippen molar-refractivity contribution < 1.29 is 0 Å². The lowest BCUT2D eigenvalue weighted by Gasteiger charge is -2.22. The van der Waals surface area contributed by atoms with Gasteiger partial charge in [-0.2, -0.15) is 0 Å². The van der Waals surface area contributed by atoms with Gasteiger partial charge in [-0.3, -0.25) is 9.69 Å². The molecule has 1 saturated heterocycles. The number of thiophene rings is 2. The first kappa shape index (κ1) is 18.1. The Morgan fingerprint density at radius 1 is 1.18 bits per heavy atom. The highest BCUT2D eigenvalue weighted by Crippen LogP contribution is 2.37. The minimum Gasteiger partial charge on any atom is -0.309 e. The van der Waals surface area contributed by atoms with E-state index < -0.39 is 0 Å². The molecule has 1 aromatic carbocycles. The molecule has 0 spiro atoms. The van der Waals surface area contributed by atoms with Gasteiger partial charge in [0.25, 0.3) is 5.56 Å². The molecular weight excluding hydrogens is 410 g/mol. The fraction of sp³-hybridized carbons (Fsp3) is 0.238. The van der Waals surface area contributed by atoms with Gasteiger partial charge in [0.15, 0.2) is 0 Å². The Balaban J connectivity index is 1.49. The number of halogens is 1. The summed E-state index contributed by atoms with van der Waals surface area (Å²) in [5.74, 6) is 0.730. The third kappa shape index (κ3) is 3.20. The number of aromatic nitrogens is 2. The summed E-state index contributed by atoms with van der Waals surface area (Å²) >= 11 is 9.64. The molecule has 4 heterocycles. The van der Waals surface area contributed by atoms with E-state index in [1.54, 1.807) is 11.3 Å². The van der Waals surface area contributed by atoms with Crippen molar-refractivity contribution >= 4 is 44.5 Å². The van der Waals surface area contributed by atoms with Crippen LogP contribution < -0.4 is 5.56 Å². The number of rotatable bonds is 4. The molecule has 5 rings (SSSR count). The molecule has 4 aromatic rings. The van der Waals surface area contributed by atoms with E-state index in [-0.39, 0.29) is 5.56 Å². The van der Waals surface area contributed by atoms with E-state index in [0.29, 0.717) is 23.0 Å². The topological polar surface area (TPSA) is 49.0 Å². The minimum absolute atomic E-state index is 0.0944. The van der Waals surface area contributed by atoms with E-state index in [4.69, 9.17) is 16.6 Å². The van der Waals surface area contributed by atoms with Crippen LogP contribution in [0, 0.1) is 0 Å². The van der Waals surface area contributed by atoms with E-state index in [0.717, 1.165) is 34.7 Å². The monoisotopic (exact) mass is 427 g/mol. The molecule has 0 aliphatic carbocycles. The minimum atomic E-state index is -0.0944. The van der Waals surface area contributed by atoms with E-state index in [1.807, 2.05) is 29.6 Å². The van der Waals surface area contributed by atoms with Crippen LogP contribution in [0.5, 0.6) is 0 Å². The van der Waals surface area contributed by atoms with Gasteiger partial charge in [-0.1, -0.05) is 35.9 Å². The zero-order chi connectivity index (χ0) is 19.1. The first-order valence-corrected chi connectivity index (χ1v) is 11.4. The van der Waals surface area contributed by atoms with E-state index in [2.05, 4.69) is 27.4 Å².